The first-order valence-electron chi connectivity index (χ1n) is 7.24. The third-order valence-corrected chi connectivity index (χ3v) is 5.95. The average molecular weight is 315 g/mol. The molecule has 118 valence electrons. The highest BCUT2D eigenvalue weighted by molar-refractivity contribution is 7.89. The first kappa shape index (κ1) is 16.4. The predicted octanol–water partition coefficient (Wildman–Crippen LogP) is 2.34. The van der Waals surface area contributed by atoms with Crippen LogP contribution in [0.5, 0.6) is 0 Å². The van der Waals surface area contributed by atoms with E-state index >= 15 is 0 Å². The highest BCUT2D eigenvalue weighted by Gasteiger charge is 2.26. The molecule has 1 aromatic rings. The monoisotopic (exact) mass is 315 g/mol. The van der Waals surface area contributed by atoms with Crippen LogP contribution in [-0.4, -0.2) is 20.1 Å². The Morgan fingerprint density at radius 1 is 1.38 bits per heavy atom. The van der Waals surface area contributed by atoms with Gasteiger partial charge in [-0.05, 0) is 42.9 Å². The molecule has 0 spiro atoms. The van der Waals surface area contributed by atoms with Crippen LogP contribution in [-0.2, 0) is 16.6 Å². The fourth-order valence-corrected chi connectivity index (χ4v) is 4.29. The molecule has 4 nitrogen and oxygen atoms in total. The van der Waals surface area contributed by atoms with Crippen LogP contribution >= 0.6 is 0 Å². The molecular formula is C15H22FNO3S. The zero-order chi connectivity index (χ0) is 15.6. The number of rotatable bonds is 5. The van der Waals surface area contributed by atoms with E-state index in [1.54, 1.807) is 0 Å². The quantitative estimate of drug-likeness (QED) is 0.876. The third-order valence-electron chi connectivity index (χ3n) is 4.40. The summed E-state index contributed by atoms with van der Waals surface area (Å²) in [5, 5.41) is 9.10. The SMILES string of the molecule is Cc1c(F)cc(CO)cc1S(=O)(=O)NCC1CCCC1C. The lowest BCUT2D eigenvalue weighted by Crippen LogP contribution is -2.31. The van der Waals surface area contributed by atoms with Crippen LogP contribution < -0.4 is 4.72 Å². The van der Waals surface area contributed by atoms with E-state index in [0.29, 0.717) is 18.4 Å². The second kappa shape index (κ2) is 6.42. The van der Waals surface area contributed by atoms with Crippen molar-refractivity contribution in [1.82, 2.24) is 4.72 Å². The summed E-state index contributed by atoms with van der Waals surface area (Å²) in [7, 11) is -3.76. The largest absolute Gasteiger partial charge is 0.392 e. The van der Waals surface area contributed by atoms with Gasteiger partial charge in [0, 0.05) is 12.1 Å². The van der Waals surface area contributed by atoms with Crippen molar-refractivity contribution in [3.8, 4) is 0 Å². The average Bonchev–Trinajstić information content (AvgIpc) is 2.84. The normalized spacial score (nSPS) is 22.7. The molecule has 2 N–H and O–H groups in total. The van der Waals surface area contributed by atoms with Crippen molar-refractivity contribution in [1.29, 1.82) is 0 Å². The second-order valence-electron chi connectivity index (χ2n) is 5.88. The lowest BCUT2D eigenvalue weighted by molar-refractivity contribution is 0.281. The van der Waals surface area contributed by atoms with E-state index in [4.69, 9.17) is 5.11 Å². The van der Waals surface area contributed by atoms with Gasteiger partial charge in [-0.25, -0.2) is 17.5 Å². The third kappa shape index (κ3) is 3.62. The second-order valence-corrected chi connectivity index (χ2v) is 7.61. The van der Waals surface area contributed by atoms with Gasteiger partial charge in [0.25, 0.3) is 0 Å². The molecule has 2 unspecified atom stereocenters. The molecule has 0 aliphatic heterocycles. The number of aliphatic hydroxyl groups excluding tert-OH is 1. The van der Waals surface area contributed by atoms with Gasteiger partial charge in [-0.3, -0.25) is 0 Å². The van der Waals surface area contributed by atoms with Crippen molar-refractivity contribution in [2.45, 2.75) is 44.6 Å². The van der Waals surface area contributed by atoms with Gasteiger partial charge in [0.2, 0.25) is 10.0 Å². The summed E-state index contributed by atoms with van der Waals surface area (Å²) in [6.45, 7) is 3.56. The molecule has 0 amide bonds. The first-order valence-corrected chi connectivity index (χ1v) is 8.73. The lowest BCUT2D eigenvalue weighted by Gasteiger charge is -2.17. The van der Waals surface area contributed by atoms with Crippen molar-refractivity contribution in [2.75, 3.05) is 6.54 Å². The van der Waals surface area contributed by atoms with E-state index in [0.717, 1.165) is 25.3 Å². The van der Waals surface area contributed by atoms with Crippen molar-refractivity contribution in [3.63, 3.8) is 0 Å². The van der Waals surface area contributed by atoms with E-state index in [2.05, 4.69) is 11.6 Å². The minimum Gasteiger partial charge on any atom is -0.392 e. The highest BCUT2D eigenvalue weighted by Crippen LogP contribution is 2.31. The van der Waals surface area contributed by atoms with Gasteiger partial charge in [0.15, 0.2) is 0 Å². The van der Waals surface area contributed by atoms with Crippen LogP contribution in [0.2, 0.25) is 0 Å². The molecule has 0 aromatic heterocycles. The summed E-state index contributed by atoms with van der Waals surface area (Å²) in [4.78, 5) is -0.0859. The van der Waals surface area contributed by atoms with Gasteiger partial charge in [-0.15, -0.1) is 0 Å². The molecule has 0 bridgehead atoms. The van der Waals surface area contributed by atoms with Crippen molar-refractivity contribution in [3.05, 3.63) is 29.1 Å². The Hall–Kier alpha value is -0.980. The van der Waals surface area contributed by atoms with Crippen LogP contribution in [0.4, 0.5) is 4.39 Å². The van der Waals surface area contributed by atoms with E-state index < -0.39 is 15.8 Å². The number of halogens is 1. The molecule has 1 saturated carbocycles. The maximum atomic E-state index is 13.8. The van der Waals surface area contributed by atoms with E-state index in [9.17, 15) is 12.8 Å². The van der Waals surface area contributed by atoms with Crippen LogP contribution in [0.25, 0.3) is 0 Å². The maximum Gasteiger partial charge on any atom is 0.240 e. The van der Waals surface area contributed by atoms with Crippen molar-refractivity contribution >= 4 is 10.0 Å². The fourth-order valence-electron chi connectivity index (χ4n) is 2.90. The Kier molecular flexibility index (Phi) is 5.01. The maximum absolute atomic E-state index is 13.8. The van der Waals surface area contributed by atoms with Gasteiger partial charge in [0.1, 0.15) is 5.82 Å². The number of aliphatic hydroxyl groups is 1. The Morgan fingerprint density at radius 3 is 2.67 bits per heavy atom. The molecule has 0 heterocycles. The van der Waals surface area contributed by atoms with Gasteiger partial charge in [0.05, 0.1) is 11.5 Å². The smallest absolute Gasteiger partial charge is 0.240 e. The highest BCUT2D eigenvalue weighted by atomic mass is 32.2. The Morgan fingerprint density at radius 2 is 2.10 bits per heavy atom. The molecule has 2 rings (SSSR count). The lowest BCUT2D eigenvalue weighted by atomic mass is 9.99. The van der Waals surface area contributed by atoms with Gasteiger partial charge >= 0.3 is 0 Å². The summed E-state index contributed by atoms with van der Waals surface area (Å²) in [6, 6.07) is 2.49. The van der Waals surface area contributed by atoms with Gasteiger partial charge in [-0.2, -0.15) is 0 Å². The molecule has 0 radical (unpaired) electrons. The minimum atomic E-state index is -3.76. The summed E-state index contributed by atoms with van der Waals surface area (Å²) in [5.74, 6) is 0.233. The number of nitrogens with one attached hydrogen (secondary N) is 1. The molecule has 1 aliphatic rings. The number of hydrogen-bond acceptors (Lipinski definition) is 3. The van der Waals surface area contributed by atoms with E-state index in [1.165, 1.54) is 13.0 Å². The molecule has 21 heavy (non-hydrogen) atoms. The van der Waals surface area contributed by atoms with Gasteiger partial charge in [-0.1, -0.05) is 19.8 Å². The van der Waals surface area contributed by atoms with Crippen molar-refractivity contribution in [2.24, 2.45) is 11.8 Å². The Balaban J connectivity index is 2.21. The minimum absolute atomic E-state index is 0.0826. The van der Waals surface area contributed by atoms with Crippen molar-refractivity contribution < 1.29 is 17.9 Å². The van der Waals surface area contributed by atoms with Crippen LogP contribution in [0, 0.1) is 24.6 Å². The number of hydrogen-bond donors (Lipinski definition) is 2. The number of benzene rings is 1. The van der Waals surface area contributed by atoms with E-state index in [1.807, 2.05) is 0 Å². The number of sulfonamides is 1. The summed E-state index contributed by atoms with van der Waals surface area (Å²) < 4.78 is 41.1. The molecule has 1 fully saturated rings. The standard InChI is InChI=1S/C15H22FNO3S/c1-10-4-3-5-13(10)8-17-21(19,20)15-7-12(9-18)6-14(16)11(15)2/h6-7,10,13,17-18H,3-5,8-9H2,1-2H3. The summed E-state index contributed by atoms with van der Waals surface area (Å²) >= 11 is 0. The zero-order valence-electron chi connectivity index (χ0n) is 12.4. The van der Waals surface area contributed by atoms with Crippen LogP contribution in [0.3, 0.4) is 0 Å². The Labute approximate surface area is 125 Å². The topological polar surface area (TPSA) is 66.4 Å². The zero-order valence-corrected chi connectivity index (χ0v) is 13.2. The van der Waals surface area contributed by atoms with Crippen LogP contribution in [0.1, 0.15) is 37.3 Å². The van der Waals surface area contributed by atoms with Crippen LogP contribution in [0.15, 0.2) is 17.0 Å². The van der Waals surface area contributed by atoms with E-state index in [-0.39, 0.29) is 22.6 Å². The molecule has 1 aromatic carbocycles. The molecule has 2 atom stereocenters. The molecule has 6 heteroatoms. The molecule has 1 aliphatic carbocycles. The summed E-state index contributed by atoms with van der Waals surface area (Å²) in [5.41, 5.74) is 0.340. The Bertz CT molecular complexity index is 616. The summed E-state index contributed by atoms with van der Waals surface area (Å²) in [6.07, 6.45) is 3.27. The molecular weight excluding hydrogens is 293 g/mol. The molecule has 0 saturated heterocycles. The fraction of sp³-hybridized carbons (Fsp3) is 0.600. The van der Waals surface area contributed by atoms with Gasteiger partial charge < -0.3 is 5.11 Å². The first-order chi connectivity index (χ1) is 9.85. The predicted molar refractivity (Wildman–Crippen MR) is 78.8 cm³/mol.